The molecule has 1 atom stereocenters. The molecule has 1 rings (SSSR count). The Balaban J connectivity index is 2.65. The van der Waals surface area contributed by atoms with Crippen molar-refractivity contribution in [2.45, 2.75) is 25.8 Å². The maximum atomic E-state index is 11.5. The summed E-state index contributed by atoms with van der Waals surface area (Å²) < 4.78 is 0. The summed E-state index contributed by atoms with van der Waals surface area (Å²) in [4.78, 5) is 13.5. The van der Waals surface area contributed by atoms with Crippen LogP contribution in [-0.4, -0.2) is 36.5 Å². The van der Waals surface area contributed by atoms with E-state index in [9.17, 15) is 4.79 Å². The van der Waals surface area contributed by atoms with E-state index in [-0.39, 0.29) is 11.8 Å². The highest BCUT2D eigenvalue weighted by Crippen LogP contribution is 2.19. The van der Waals surface area contributed by atoms with Crippen LogP contribution in [0.5, 0.6) is 0 Å². The Morgan fingerprint density at radius 1 is 1.64 bits per heavy atom. The van der Waals surface area contributed by atoms with Gasteiger partial charge in [-0.15, -0.1) is 0 Å². The number of nitrogens with one attached hydrogen (secondary N) is 1. The van der Waals surface area contributed by atoms with Crippen LogP contribution in [0.1, 0.15) is 20.3 Å². The van der Waals surface area contributed by atoms with E-state index in [2.05, 4.69) is 16.3 Å². The predicted molar refractivity (Wildman–Crippen MR) is 53.4 cm³/mol. The van der Waals surface area contributed by atoms with Crippen molar-refractivity contribution in [2.24, 2.45) is 5.92 Å². The zero-order valence-corrected chi connectivity index (χ0v) is 9.00. The van der Waals surface area contributed by atoms with Gasteiger partial charge in [-0.1, -0.05) is 13.8 Å². The Labute approximate surface area is 84.9 Å². The molecular formula is C10H17N3O. The number of nitrogens with zero attached hydrogens (tertiary/aromatic N) is 2. The van der Waals surface area contributed by atoms with Crippen LogP contribution in [0.3, 0.4) is 0 Å². The summed E-state index contributed by atoms with van der Waals surface area (Å²) >= 11 is 0. The fourth-order valence-corrected chi connectivity index (χ4v) is 1.60. The first-order chi connectivity index (χ1) is 6.49. The largest absolute Gasteiger partial charge is 0.337 e. The molecule has 78 valence electrons. The maximum absolute atomic E-state index is 11.5. The molecule has 1 aliphatic rings. The zero-order chi connectivity index (χ0) is 10.8. The van der Waals surface area contributed by atoms with E-state index in [4.69, 9.17) is 5.26 Å². The molecule has 4 nitrogen and oxygen atoms in total. The molecule has 1 saturated heterocycles. The average molecular weight is 195 g/mol. The van der Waals surface area contributed by atoms with Gasteiger partial charge in [-0.3, -0.25) is 4.79 Å². The van der Waals surface area contributed by atoms with Crippen molar-refractivity contribution in [3.8, 4) is 6.07 Å². The van der Waals surface area contributed by atoms with Crippen molar-refractivity contribution in [2.75, 3.05) is 20.1 Å². The van der Waals surface area contributed by atoms with Crippen molar-refractivity contribution in [3.63, 3.8) is 0 Å². The average Bonchev–Trinajstić information content (AvgIpc) is 2.48. The molecule has 1 aliphatic heterocycles. The van der Waals surface area contributed by atoms with Crippen molar-refractivity contribution >= 4 is 5.91 Å². The monoisotopic (exact) mass is 195 g/mol. The minimum absolute atomic E-state index is 0.0400. The van der Waals surface area contributed by atoms with Gasteiger partial charge in [0.25, 0.3) is 0 Å². The van der Waals surface area contributed by atoms with Gasteiger partial charge in [-0.2, -0.15) is 5.26 Å². The summed E-state index contributed by atoms with van der Waals surface area (Å²) in [6.07, 6.45) is 0.721. The number of likely N-dealkylation sites (tertiary alicyclic amines) is 1. The highest BCUT2D eigenvalue weighted by Gasteiger charge is 2.38. The van der Waals surface area contributed by atoms with Gasteiger partial charge in [0.2, 0.25) is 5.91 Å². The Hall–Kier alpha value is -1.08. The van der Waals surface area contributed by atoms with Crippen LogP contribution in [0.25, 0.3) is 0 Å². The van der Waals surface area contributed by atoms with E-state index in [1.54, 1.807) is 0 Å². The quantitative estimate of drug-likeness (QED) is 0.692. The molecule has 1 fully saturated rings. The minimum atomic E-state index is -0.657. The molecule has 0 spiro atoms. The fraction of sp³-hybridized carbons (Fsp3) is 0.800. The van der Waals surface area contributed by atoms with Gasteiger partial charge in [-0.25, -0.2) is 0 Å². The second kappa shape index (κ2) is 3.97. The van der Waals surface area contributed by atoms with E-state index >= 15 is 0 Å². The molecule has 0 radical (unpaired) electrons. The standard InChI is InChI=1S/C10H17N3O/c1-8(2)9(14)12-10(6-11)4-5-13(3)7-10/h8H,4-5,7H2,1-3H3,(H,12,14). The first kappa shape index (κ1) is 11.0. The van der Waals surface area contributed by atoms with Gasteiger partial charge < -0.3 is 10.2 Å². The zero-order valence-electron chi connectivity index (χ0n) is 9.00. The van der Waals surface area contributed by atoms with E-state index in [1.807, 2.05) is 20.9 Å². The number of likely N-dealkylation sites (N-methyl/N-ethyl adjacent to an activating group) is 1. The SMILES string of the molecule is CC(C)C(=O)NC1(C#N)CCN(C)C1. The van der Waals surface area contributed by atoms with Gasteiger partial charge >= 0.3 is 0 Å². The summed E-state index contributed by atoms with van der Waals surface area (Å²) in [5.74, 6) is -0.104. The molecule has 4 heteroatoms. The molecule has 0 bridgehead atoms. The van der Waals surface area contributed by atoms with E-state index in [1.165, 1.54) is 0 Å². The van der Waals surface area contributed by atoms with E-state index in [0.29, 0.717) is 6.54 Å². The normalized spacial score (nSPS) is 27.6. The van der Waals surface area contributed by atoms with Crippen LogP contribution in [0.2, 0.25) is 0 Å². The number of hydrogen-bond donors (Lipinski definition) is 1. The van der Waals surface area contributed by atoms with E-state index in [0.717, 1.165) is 13.0 Å². The second-order valence-electron chi connectivity index (χ2n) is 4.33. The number of amides is 1. The smallest absolute Gasteiger partial charge is 0.223 e. The first-order valence-corrected chi connectivity index (χ1v) is 4.91. The Morgan fingerprint density at radius 2 is 2.29 bits per heavy atom. The van der Waals surface area contributed by atoms with Crippen LogP contribution in [0, 0.1) is 17.2 Å². The summed E-state index contributed by atoms with van der Waals surface area (Å²) in [5, 5.41) is 11.9. The Bertz CT molecular complexity index is 269. The number of rotatable bonds is 2. The number of carbonyl (C=O) groups excluding carboxylic acids is 1. The van der Waals surface area contributed by atoms with Crippen molar-refractivity contribution in [3.05, 3.63) is 0 Å². The number of nitriles is 1. The van der Waals surface area contributed by atoms with Crippen molar-refractivity contribution in [1.82, 2.24) is 10.2 Å². The van der Waals surface area contributed by atoms with Crippen molar-refractivity contribution < 1.29 is 4.79 Å². The summed E-state index contributed by atoms with van der Waals surface area (Å²) in [7, 11) is 1.96. The summed E-state index contributed by atoms with van der Waals surface area (Å²) in [5.41, 5.74) is -0.657. The molecule has 1 heterocycles. The molecule has 0 aliphatic carbocycles. The molecule has 0 aromatic rings. The molecule has 0 aromatic heterocycles. The lowest BCUT2D eigenvalue weighted by Gasteiger charge is -2.23. The molecule has 1 N–H and O–H groups in total. The van der Waals surface area contributed by atoms with Gasteiger partial charge in [0.15, 0.2) is 0 Å². The Morgan fingerprint density at radius 3 is 2.64 bits per heavy atom. The molecular weight excluding hydrogens is 178 g/mol. The molecule has 0 aromatic carbocycles. The van der Waals surface area contributed by atoms with Crippen LogP contribution >= 0.6 is 0 Å². The second-order valence-corrected chi connectivity index (χ2v) is 4.33. The number of carbonyl (C=O) groups is 1. The molecule has 0 saturated carbocycles. The lowest BCUT2D eigenvalue weighted by molar-refractivity contribution is -0.125. The third-order valence-corrected chi connectivity index (χ3v) is 2.56. The lowest BCUT2D eigenvalue weighted by atomic mass is 9.99. The fourth-order valence-electron chi connectivity index (χ4n) is 1.60. The summed E-state index contributed by atoms with van der Waals surface area (Å²) in [6.45, 7) is 5.16. The van der Waals surface area contributed by atoms with Crippen LogP contribution in [0.4, 0.5) is 0 Å². The topological polar surface area (TPSA) is 56.1 Å². The van der Waals surface area contributed by atoms with Gasteiger partial charge in [0.05, 0.1) is 6.07 Å². The highest BCUT2D eigenvalue weighted by atomic mass is 16.2. The predicted octanol–water partition coefficient (Wildman–Crippen LogP) is 0.356. The Kier molecular flexibility index (Phi) is 3.12. The third-order valence-electron chi connectivity index (χ3n) is 2.56. The highest BCUT2D eigenvalue weighted by molar-refractivity contribution is 5.79. The lowest BCUT2D eigenvalue weighted by Crippen LogP contribution is -2.50. The third kappa shape index (κ3) is 2.24. The van der Waals surface area contributed by atoms with Gasteiger partial charge in [0.1, 0.15) is 5.54 Å². The number of hydrogen-bond acceptors (Lipinski definition) is 3. The molecule has 1 amide bonds. The van der Waals surface area contributed by atoms with Crippen LogP contribution in [-0.2, 0) is 4.79 Å². The van der Waals surface area contributed by atoms with E-state index < -0.39 is 5.54 Å². The maximum Gasteiger partial charge on any atom is 0.223 e. The van der Waals surface area contributed by atoms with Crippen LogP contribution < -0.4 is 5.32 Å². The molecule has 14 heavy (non-hydrogen) atoms. The minimum Gasteiger partial charge on any atom is -0.337 e. The molecule has 1 unspecified atom stereocenters. The summed E-state index contributed by atoms with van der Waals surface area (Å²) in [6, 6.07) is 2.22. The van der Waals surface area contributed by atoms with Gasteiger partial charge in [-0.05, 0) is 13.5 Å². The van der Waals surface area contributed by atoms with Crippen molar-refractivity contribution in [1.29, 1.82) is 5.26 Å². The first-order valence-electron chi connectivity index (χ1n) is 4.91. The van der Waals surface area contributed by atoms with Gasteiger partial charge in [0, 0.05) is 19.0 Å². The van der Waals surface area contributed by atoms with Crippen LogP contribution in [0.15, 0.2) is 0 Å².